The number of likely N-dealkylation sites (N-methyl/N-ethyl adjacent to an activating group) is 1. The number of fused-ring (bicyclic) bond motifs is 1. The fourth-order valence-electron chi connectivity index (χ4n) is 6.85. The Morgan fingerprint density at radius 3 is 2.14 bits per heavy atom. The molecule has 4 rings (SSSR count). The number of rotatable bonds is 12. The highest BCUT2D eigenvalue weighted by atomic mass is 16.6. The quantitative estimate of drug-likeness (QED) is 0.285. The smallest absolute Gasteiger partial charge is 0.410 e. The molecule has 3 N–H and O–H groups in total. The Balaban J connectivity index is 1.60. The standard InChI is InChI=1S/C39H51N5O6/c1-7-9-20-32(45)40-25-28-21-22-29-23-24-31(36(47)41-33(26-16-12-10-13-17-26)27-18-14-11-15-19-27)44(29)37(48)34(28)42-35(46)30(8-2)43(6)38(49)50-39(3,4)5/h1,10-19,28-31,33-34H,8-9,20-25H2,2-6H3,(H,40,45)(H,41,47)(H,42,46)/t28-,29+,30+,31+,34+/m1/s1. The SMILES string of the molecule is C#CCCC(=O)NC[C@H]1CC[C@H]2CC[C@@H](C(=O)NC(c3ccccc3)c3ccccc3)N2C(=O)[C@H]1NC(=O)[C@H](CC)N(C)C(=O)OC(C)(C)C. The summed E-state index contributed by atoms with van der Waals surface area (Å²) in [5.41, 5.74) is 1.06. The van der Waals surface area contributed by atoms with Crippen molar-refractivity contribution in [2.45, 2.75) is 108 Å². The number of nitrogens with one attached hydrogen (secondary N) is 3. The number of ether oxygens (including phenoxy) is 1. The molecule has 0 aliphatic carbocycles. The van der Waals surface area contributed by atoms with Gasteiger partial charge in [0.05, 0.1) is 6.04 Å². The van der Waals surface area contributed by atoms with E-state index in [1.807, 2.05) is 60.7 Å². The zero-order valence-corrected chi connectivity index (χ0v) is 29.8. The summed E-state index contributed by atoms with van der Waals surface area (Å²) in [4.78, 5) is 71.0. The Labute approximate surface area is 295 Å². The van der Waals surface area contributed by atoms with Gasteiger partial charge in [0.25, 0.3) is 0 Å². The molecule has 2 fully saturated rings. The van der Waals surface area contributed by atoms with E-state index in [4.69, 9.17) is 11.2 Å². The lowest BCUT2D eigenvalue weighted by Gasteiger charge is -2.34. The molecule has 2 aliphatic heterocycles. The Bertz CT molecular complexity index is 1500. The van der Waals surface area contributed by atoms with E-state index in [0.29, 0.717) is 25.7 Å². The zero-order valence-electron chi connectivity index (χ0n) is 29.8. The fraction of sp³-hybridized carbons (Fsp3) is 0.513. The van der Waals surface area contributed by atoms with E-state index in [0.717, 1.165) is 11.1 Å². The first-order valence-electron chi connectivity index (χ1n) is 17.5. The molecular weight excluding hydrogens is 634 g/mol. The first-order chi connectivity index (χ1) is 23.8. The van der Waals surface area contributed by atoms with Gasteiger partial charge in [0, 0.05) is 38.4 Å². The van der Waals surface area contributed by atoms with Crippen LogP contribution in [0.3, 0.4) is 0 Å². The van der Waals surface area contributed by atoms with E-state index in [9.17, 15) is 24.0 Å². The second-order valence-electron chi connectivity index (χ2n) is 14.1. The van der Waals surface area contributed by atoms with Crippen LogP contribution in [0.2, 0.25) is 0 Å². The van der Waals surface area contributed by atoms with Crippen molar-refractivity contribution in [3.63, 3.8) is 0 Å². The number of carbonyl (C=O) groups excluding carboxylic acids is 5. The van der Waals surface area contributed by atoms with Gasteiger partial charge in [0.1, 0.15) is 23.7 Å². The second kappa shape index (κ2) is 17.2. The molecule has 0 unspecified atom stereocenters. The molecular formula is C39H51N5O6. The number of terminal acetylenes is 1. The van der Waals surface area contributed by atoms with E-state index in [1.54, 1.807) is 32.6 Å². The first kappa shape index (κ1) is 38.0. The van der Waals surface area contributed by atoms with Gasteiger partial charge in [-0.05, 0) is 64.0 Å². The highest BCUT2D eigenvalue weighted by Crippen LogP contribution is 2.35. The summed E-state index contributed by atoms with van der Waals surface area (Å²) in [6.07, 6.45) is 7.61. The normalized spacial score (nSPS) is 20.9. The van der Waals surface area contributed by atoms with Crippen LogP contribution >= 0.6 is 0 Å². The highest BCUT2D eigenvalue weighted by molar-refractivity contribution is 5.95. The van der Waals surface area contributed by atoms with Gasteiger partial charge in [-0.3, -0.25) is 24.1 Å². The van der Waals surface area contributed by atoms with Crippen LogP contribution in [0.25, 0.3) is 0 Å². The van der Waals surface area contributed by atoms with Crippen molar-refractivity contribution in [3.05, 3.63) is 71.8 Å². The minimum atomic E-state index is -1.05. The molecule has 0 saturated carbocycles. The molecule has 2 saturated heterocycles. The van der Waals surface area contributed by atoms with Crippen LogP contribution in [0.5, 0.6) is 0 Å². The van der Waals surface area contributed by atoms with Crippen LogP contribution in [0.4, 0.5) is 4.79 Å². The maximum Gasteiger partial charge on any atom is 0.410 e. The Kier molecular flexibility index (Phi) is 13.1. The van der Waals surface area contributed by atoms with Gasteiger partial charge in [-0.1, -0.05) is 67.6 Å². The maximum absolute atomic E-state index is 14.6. The summed E-state index contributed by atoms with van der Waals surface area (Å²) >= 11 is 0. The van der Waals surface area contributed by atoms with Crippen LogP contribution in [-0.2, 0) is 23.9 Å². The minimum absolute atomic E-state index is 0.139. The summed E-state index contributed by atoms with van der Waals surface area (Å²) in [5.74, 6) is 0.579. The third-order valence-electron chi connectivity index (χ3n) is 9.41. The third kappa shape index (κ3) is 9.65. The lowest BCUT2D eigenvalue weighted by Crippen LogP contribution is -2.60. The van der Waals surface area contributed by atoms with Gasteiger partial charge in [0.2, 0.25) is 23.6 Å². The van der Waals surface area contributed by atoms with Gasteiger partial charge in [0.15, 0.2) is 0 Å². The Morgan fingerprint density at radius 1 is 0.980 bits per heavy atom. The summed E-state index contributed by atoms with van der Waals surface area (Å²) < 4.78 is 5.50. The van der Waals surface area contributed by atoms with E-state index < -0.39 is 47.7 Å². The maximum atomic E-state index is 14.6. The molecule has 11 nitrogen and oxygen atoms in total. The van der Waals surface area contributed by atoms with E-state index in [2.05, 4.69) is 21.9 Å². The molecule has 2 aromatic rings. The number of nitrogens with zero attached hydrogens (tertiary/aromatic N) is 2. The average molecular weight is 686 g/mol. The third-order valence-corrected chi connectivity index (χ3v) is 9.41. The van der Waals surface area contributed by atoms with E-state index >= 15 is 0 Å². The van der Waals surface area contributed by atoms with Gasteiger partial charge in [-0.25, -0.2) is 4.79 Å². The van der Waals surface area contributed by atoms with Gasteiger partial charge >= 0.3 is 6.09 Å². The van der Waals surface area contributed by atoms with Crippen molar-refractivity contribution in [1.29, 1.82) is 0 Å². The van der Waals surface area contributed by atoms with Crippen molar-refractivity contribution in [2.24, 2.45) is 5.92 Å². The molecule has 0 aromatic heterocycles. The molecule has 0 spiro atoms. The van der Waals surface area contributed by atoms with Crippen LogP contribution in [0.15, 0.2) is 60.7 Å². The summed E-state index contributed by atoms with van der Waals surface area (Å²) in [6, 6.07) is 16.0. The van der Waals surface area contributed by atoms with Crippen molar-refractivity contribution in [3.8, 4) is 12.3 Å². The topological polar surface area (TPSA) is 137 Å². The monoisotopic (exact) mass is 685 g/mol. The summed E-state index contributed by atoms with van der Waals surface area (Å²) in [5, 5.41) is 9.05. The predicted molar refractivity (Wildman–Crippen MR) is 190 cm³/mol. The van der Waals surface area contributed by atoms with Crippen LogP contribution in [0.1, 0.15) is 89.8 Å². The van der Waals surface area contributed by atoms with Gasteiger partial charge < -0.3 is 25.6 Å². The number of amides is 5. The Morgan fingerprint density at radius 2 is 1.58 bits per heavy atom. The molecule has 2 aliphatic rings. The number of hydrogen-bond acceptors (Lipinski definition) is 6. The van der Waals surface area contributed by atoms with Crippen molar-refractivity contribution >= 4 is 29.7 Å². The van der Waals surface area contributed by atoms with Gasteiger partial charge in [-0.2, -0.15) is 0 Å². The lowest BCUT2D eigenvalue weighted by molar-refractivity contribution is -0.144. The van der Waals surface area contributed by atoms with Crippen LogP contribution in [-0.4, -0.2) is 82.9 Å². The first-order valence-corrected chi connectivity index (χ1v) is 17.5. The highest BCUT2D eigenvalue weighted by Gasteiger charge is 2.48. The summed E-state index contributed by atoms with van der Waals surface area (Å²) in [6.45, 7) is 7.14. The molecule has 5 atom stereocenters. The molecule has 2 aromatic carbocycles. The molecule has 2 heterocycles. The molecule has 11 heteroatoms. The van der Waals surface area contributed by atoms with E-state index in [1.165, 1.54) is 11.9 Å². The van der Waals surface area contributed by atoms with Crippen molar-refractivity contribution in [2.75, 3.05) is 13.6 Å². The fourth-order valence-corrected chi connectivity index (χ4v) is 6.85. The van der Waals surface area contributed by atoms with Crippen molar-refractivity contribution < 1.29 is 28.7 Å². The number of benzene rings is 2. The van der Waals surface area contributed by atoms with Crippen LogP contribution < -0.4 is 16.0 Å². The zero-order chi connectivity index (χ0) is 36.4. The molecule has 5 amide bonds. The average Bonchev–Trinajstić information content (AvgIpc) is 3.48. The van der Waals surface area contributed by atoms with Crippen LogP contribution in [0, 0.1) is 18.3 Å². The lowest BCUT2D eigenvalue weighted by atomic mass is 9.92. The molecule has 0 bridgehead atoms. The minimum Gasteiger partial charge on any atom is -0.444 e. The Hall–Kier alpha value is -4.85. The van der Waals surface area contributed by atoms with Gasteiger partial charge in [-0.15, -0.1) is 12.3 Å². The second-order valence-corrected chi connectivity index (χ2v) is 14.1. The predicted octanol–water partition coefficient (Wildman–Crippen LogP) is 4.32. The summed E-state index contributed by atoms with van der Waals surface area (Å²) in [7, 11) is 1.49. The van der Waals surface area contributed by atoms with Crippen molar-refractivity contribution in [1.82, 2.24) is 25.8 Å². The van der Waals surface area contributed by atoms with E-state index in [-0.39, 0.29) is 49.6 Å². The molecule has 0 radical (unpaired) electrons. The molecule has 268 valence electrons. The number of carbonyl (C=O) groups is 5. The largest absolute Gasteiger partial charge is 0.444 e. The molecule has 50 heavy (non-hydrogen) atoms. The number of hydrogen-bond donors (Lipinski definition) is 3.